The molecule has 2 heterocycles. The summed E-state index contributed by atoms with van der Waals surface area (Å²) in [6.45, 7) is 1.01. The second-order valence-corrected chi connectivity index (χ2v) is 6.45. The van der Waals surface area contributed by atoms with Gasteiger partial charge in [-0.05, 0) is 31.0 Å². The predicted octanol–water partition coefficient (Wildman–Crippen LogP) is 1.85. The molecule has 0 bridgehead atoms. The first kappa shape index (κ1) is 17.0. The van der Waals surface area contributed by atoms with Crippen molar-refractivity contribution in [3.8, 4) is 5.69 Å². The SMILES string of the molecule is O=C(NCCn1cccn1)c1cc(NC(=O)C2CC2)n(-c2ccccc2)n1. The van der Waals surface area contributed by atoms with Crippen LogP contribution in [0.25, 0.3) is 5.69 Å². The molecule has 0 saturated heterocycles. The van der Waals surface area contributed by atoms with E-state index in [2.05, 4.69) is 20.8 Å². The molecule has 0 aliphatic heterocycles. The number of para-hydroxylation sites is 1. The number of aromatic nitrogens is 4. The van der Waals surface area contributed by atoms with Crippen molar-refractivity contribution in [2.75, 3.05) is 11.9 Å². The molecule has 1 aromatic carbocycles. The van der Waals surface area contributed by atoms with Crippen LogP contribution in [0, 0.1) is 5.92 Å². The van der Waals surface area contributed by atoms with E-state index in [0.717, 1.165) is 18.5 Å². The van der Waals surface area contributed by atoms with E-state index in [1.165, 1.54) is 0 Å². The van der Waals surface area contributed by atoms with Gasteiger partial charge in [-0.3, -0.25) is 14.3 Å². The Balaban J connectivity index is 1.50. The van der Waals surface area contributed by atoms with E-state index in [9.17, 15) is 9.59 Å². The minimum atomic E-state index is -0.293. The van der Waals surface area contributed by atoms with Gasteiger partial charge in [-0.2, -0.15) is 10.2 Å². The third-order valence-corrected chi connectivity index (χ3v) is 4.33. The number of hydrogen-bond donors (Lipinski definition) is 2. The standard InChI is InChI=1S/C19H20N6O2/c26-18(14-7-8-14)22-17-13-16(23-25(17)15-5-2-1-3-6-15)19(27)20-10-12-24-11-4-9-21-24/h1-6,9,11,13-14H,7-8,10,12H2,(H,20,27)(H,22,26). The first-order valence-corrected chi connectivity index (χ1v) is 8.93. The van der Waals surface area contributed by atoms with Crippen LogP contribution < -0.4 is 10.6 Å². The molecule has 0 radical (unpaired) electrons. The maximum absolute atomic E-state index is 12.5. The van der Waals surface area contributed by atoms with Gasteiger partial charge in [-0.25, -0.2) is 4.68 Å². The lowest BCUT2D eigenvalue weighted by Crippen LogP contribution is -2.27. The van der Waals surface area contributed by atoms with Gasteiger partial charge in [0.1, 0.15) is 5.82 Å². The number of anilines is 1. The zero-order valence-corrected chi connectivity index (χ0v) is 14.7. The number of rotatable bonds is 7. The van der Waals surface area contributed by atoms with E-state index >= 15 is 0 Å². The number of amides is 2. The van der Waals surface area contributed by atoms with Crippen molar-refractivity contribution in [2.45, 2.75) is 19.4 Å². The number of carbonyl (C=O) groups excluding carboxylic acids is 2. The number of benzene rings is 1. The highest BCUT2D eigenvalue weighted by Crippen LogP contribution is 2.30. The second-order valence-electron chi connectivity index (χ2n) is 6.45. The van der Waals surface area contributed by atoms with Crippen LogP contribution >= 0.6 is 0 Å². The van der Waals surface area contributed by atoms with Crippen LogP contribution in [0.1, 0.15) is 23.3 Å². The molecule has 1 aliphatic rings. The first-order chi connectivity index (χ1) is 13.2. The van der Waals surface area contributed by atoms with Crippen LogP contribution in [-0.4, -0.2) is 37.9 Å². The molecular weight excluding hydrogens is 344 g/mol. The van der Waals surface area contributed by atoms with E-state index in [0.29, 0.717) is 18.9 Å². The average Bonchev–Trinajstić information content (AvgIpc) is 3.26. The lowest BCUT2D eigenvalue weighted by Gasteiger charge is -2.08. The van der Waals surface area contributed by atoms with Gasteiger partial charge in [-0.15, -0.1) is 0 Å². The third kappa shape index (κ3) is 4.05. The highest BCUT2D eigenvalue weighted by atomic mass is 16.2. The summed E-state index contributed by atoms with van der Waals surface area (Å²) in [7, 11) is 0. The van der Waals surface area contributed by atoms with Gasteiger partial charge in [0.25, 0.3) is 5.91 Å². The van der Waals surface area contributed by atoms with E-state index in [4.69, 9.17) is 0 Å². The molecule has 0 spiro atoms. The largest absolute Gasteiger partial charge is 0.349 e. The predicted molar refractivity (Wildman–Crippen MR) is 99.5 cm³/mol. The summed E-state index contributed by atoms with van der Waals surface area (Å²) in [5, 5.41) is 14.2. The molecule has 1 aliphatic carbocycles. The molecule has 2 amide bonds. The van der Waals surface area contributed by atoms with Gasteiger partial charge in [0.2, 0.25) is 5.91 Å². The van der Waals surface area contributed by atoms with Crippen molar-refractivity contribution in [2.24, 2.45) is 5.92 Å². The molecular formula is C19H20N6O2. The van der Waals surface area contributed by atoms with Gasteiger partial charge >= 0.3 is 0 Å². The fourth-order valence-electron chi connectivity index (χ4n) is 2.73. The molecule has 0 atom stereocenters. The fourth-order valence-corrected chi connectivity index (χ4v) is 2.73. The van der Waals surface area contributed by atoms with Crippen LogP contribution in [0.5, 0.6) is 0 Å². The number of hydrogen-bond acceptors (Lipinski definition) is 4. The molecule has 0 unspecified atom stereocenters. The molecule has 138 valence electrons. The number of nitrogens with zero attached hydrogens (tertiary/aromatic N) is 4. The quantitative estimate of drug-likeness (QED) is 0.669. The minimum Gasteiger partial charge on any atom is -0.349 e. The van der Waals surface area contributed by atoms with Gasteiger partial charge in [0, 0.05) is 30.9 Å². The topological polar surface area (TPSA) is 93.8 Å². The molecule has 3 aromatic rings. The lowest BCUT2D eigenvalue weighted by molar-refractivity contribution is -0.117. The van der Waals surface area contributed by atoms with Crippen LogP contribution in [0.4, 0.5) is 5.82 Å². The minimum absolute atomic E-state index is 0.0299. The van der Waals surface area contributed by atoms with Crippen molar-refractivity contribution in [3.05, 3.63) is 60.6 Å². The Hall–Kier alpha value is -3.42. The Labute approximate surface area is 156 Å². The molecule has 27 heavy (non-hydrogen) atoms. The normalized spacial score (nSPS) is 13.3. The van der Waals surface area contributed by atoms with Crippen molar-refractivity contribution < 1.29 is 9.59 Å². The second kappa shape index (κ2) is 7.45. The van der Waals surface area contributed by atoms with Gasteiger partial charge in [0.05, 0.1) is 12.2 Å². The van der Waals surface area contributed by atoms with Crippen molar-refractivity contribution in [3.63, 3.8) is 0 Å². The molecule has 2 aromatic heterocycles. The summed E-state index contributed by atoms with van der Waals surface area (Å²) in [4.78, 5) is 24.7. The van der Waals surface area contributed by atoms with E-state index in [1.54, 1.807) is 21.6 Å². The summed E-state index contributed by atoms with van der Waals surface area (Å²) in [6.07, 6.45) is 5.35. The Bertz CT molecular complexity index is 929. The average molecular weight is 364 g/mol. The first-order valence-electron chi connectivity index (χ1n) is 8.93. The van der Waals surface area contributed by atoms with Gasteiger partial charge < -0.3 is 10.6 Å². The Morgan fingerprint density at radius 2 is 1.96 bits per heavy atom. The Morgan fingerprint density at radius 1 is 1.15 bits per heavy atom. The highest BCUT2D eigenvalue weighted by Gasteiger charge is 2.30. The van der Waals surface area contributed by atoms with Crippen LogP contribution in [0.2, 0.25) is 0 Å². The zero-order valence-electron chi connectivity index (χ0n) is 14.7. The molecule has 8 heteroatoms. The van der Waals surface area contributed by atoms with Crippen molar-refractivity contribution in [1.82, 2.24) is 24.9 Å². The zero-order chi connectivity index (χ0) is 18.6. The summed E-state index contributed by atoms with van der Waals surface area (Å²) < 4.78 is 3.33. The monoisotopic (exact) mass is 364 g/mol. The summed E-state index contributed by atoms with van der Waals surface area (Å²) in [6, 6.07) is 12.9. The molecule has 1 fully saturated rings. The van der Waals surface area contributed by atoms with Crippen molar-refractivity contribution in [1.29, 1.82) is 0 Å². The Morgan fingerprint density at radius 3 is 2.67 bits per heavy atom. The van der Waals surface area contributed by atoms with Crippen LogP contribution in [0.15, 0.2) is 54.9 Å². The van der Waals surface area contributed by atoms with E-state index < -0.39 is 0 Å². The Kier molecular flexibility index (Phi) is 4.69. The summed E-state index contributed by atoms with van der Waals surface area (Å²) >= 11 is 0. The van der Waals surface area contributed by atoms with E-state index in [-0.39, 0.29) is 23.4 Å². The van der Waals surface area contributed by atoms with Crippen LogP contribution in [-0.2, 0) is 11.3 Å². The lowest BCUT2D eigenvalue weighted by atomic mass is 10.3. The van der Waals surface area contributed by atoms with Gasteiger partial charge in [-0.1, -0.05) is 18.2 Å². The maximum Gasteiger partial charge on any atom is 0.271 e. The molecule has 1 saturated carbocycles. The molecule has 2 N–H and O–H groups in total. The molecule has 4 rings (SSSR count). The molecule has 8 nitrogen and oxygen atoms in total. The fraction of sp³-hybridized carbons (Fsp3) is 0.263. The van der Waals surface area contributed by atoms with Crippen LogP contribution in [0.3, 0.4) is 0 Å². The van der Waals surface area contributed by atoms with Crippen molar-refractivity contribution >= 4 is 17.6 Å². The smallest absolute Gasteiger partial charge is 0.271 e. The third-order valence-electron chi connectivity index (χ3n) is 4.33. The summed E-state index contributed by atoms with van der Waals surface area (Å²) in [5.41, 5.74) is 1.03. The maximum atomic E-state index is 12.5. The van der Waals surface area contributed by atoms with E-state index in [1.807, 2.05) is 42.6 Å². The number of carbonyl (C=O) groups is 2. The number of nitrogens with one attached hydrogen (secondary N) is 2. The van der Waals surface area contributed by atoms with Gasteiger partial charge in [0.15, 0.2) is 5.69 Å². The summed E-state index contributed by atoms with van der Waals surface area (Å²) in [5.74, 6) is 0.238. The highest BCUT2D eigenvalue weighted by molar-refractivity contribution is 5.97.